The molecule has 0 aromatic carbocycles. The predicted octanol–water partition coefficient (Wildman–Crippen LogP) is 1.64. The number of methoxy groups -OCH3 is 1. The Balaban J connectivity index is 2.05. The average molecular weight is 426 g/mol. The van der Waals surface area contributed by atoms with Crippen LogP contribution >= 0.6 is 0 Å². The van der Waals surface area contributed by atoms with E-state index in [1.807, 2.05) is 13.8 Å². The van der Waals surface area contributed by atoms with Gasteiger partial charge in [-0.05, 0) is 59.8 Å². The third-order valence-electron chi connectivity index (χ3n) is 5.18. The van der Waals surface area contributed by atoms with Crippen molar-refractivity contribution in [3.05, 3.63) is 0 Å². The van der Waals surface area contributed by atoms with E-state index in [-0.39, 0.29) is 17.9 Å². The third kappa shape index (κ3) is 7.50. The average Bonchev–Trinajstić information content (AvgIpc) is 3.36. The first-order valence-corrected chi connectivity index (χ1v) is 10.5. The normalized spacial score (nSPS) is 22.5. The highest BCUT2D eigenvalue weighted by Crippen LogP contribution is 2.34. The Morgan fingerprint density at radius 2 is 1.77 bits per heavy atom. The first-order chi connectivity index (χ1) is 13.8. The van der Waals surface area contributed by atoms with Crippen LogP contribution in [0.2, 0.25) is 0 Å². The summed E-state index contributed by atoms with van der Waals surface area (Å²) >= 11 is 0. The van der Waals surface area contributed by atoms with Crippen molar-refractivity contribution in [1.82, 2.24) is 16.0 Å². The molecule has 3 amide bonds. The van der Waals surface area contributed by atoms with Crippen LogP contribution in [0.15, 0.2) is 0 Å². The van der Waals surface area contributed by atoms with Crippen LogP contribution in [0.5, 0.6) is 0 Å². The van der Waals surface area contributed by atoms with Gasteiger partial charge in [-0.1, -0.05) is 12.8 Å². The number of carbonyl (C=O) groups is 4. The molecule has 3 N–H and O–H groups in total. The molecule has 0 aromatic rings. The number of carbonyl (C=O) groups excluding carboxylic acids is 4. The summed E-state index contributed by atoms with van der Waals surface area (Å²) in [6, 6.07) is -1.80. The van der Waals surface area contributed by atoms with Crippen LogP contribution in [0.3, 0.4) is 0 Å². The standard InChI is InChI=1S/C21H35N3O6/c1-20(2,3)30-19(28)23-14(9-12-7-8-12)17(26)22-15(18(27)29-6)10-13-11-21(4,5)24-16(13)25/h12-15H,7-11H2,1-6H3,(H,22,26)(H,23,28)(H,24,25)/t13?,14-,15-/m0/s1. The molecular weight excluding hydrogens is 390 g/mol. The summed E-state index contributed by atoms with van der Waals surface area (Å²) in [5.41, 5.74) is -1.05. The molecule has 0 radical (unpaired) electrons. The molecule has 1 unspecified atom stereocenters. The van der Waals surface area contributed by atoms with E-state index in [9.17, 15) is 19.2 Å². The quantitative estimate of drug-likeness (QED) is 0.508. The second kappa shape index (κ2) is 9.22. The van der Waals surface area contributed by atoms with E-state index < -0.39 is 41.6 Å². The van der Waals surface area contributed by atoms with Gasteiger partial charge in [-0.3, -0.25) is 9.59 Å². The van der Waals surface area contributed by atoms with Crippen LogP contribution in [0.4, 0.5) is 4.79 Å². The van der Waals surface area contributed by atoms with Crippen molar-refractivity contribution in [2.45, 2.75) is 89.9 Å². The van der Waals surface area contributed by atoms with Crippen LogP contribution in [-0.4, -0.2) is 54.2 Å². The zero-order valence-corrected chi connectivity index (χ0v) is 18.8. The lowest BCUT2D eigenvalue weighted by molar-refractivity contribution is -0.146. The Bertz CT molecular complexity index is 681. The van der Waals surface area contributed by atoms with Gasteiger partial charge in [0.15, 0.2) is 0 Å². The minimum Gasteiger partial charge on any atom is -0.467 e. The first-order valence-electron chi connectivity index (χ1n) is 10.5. The van der Waals surface area contributed by atoms with E-state index in [0.29, 0.717) is 18.8 Å². The minimum atomic E-state index is -0.978. The fourth-order valence-electron chi connectivity index (χ4n) is 3.67. The summed E-state index contributed by atoms with van der Waals surface area (Å²) in [5, 5.41) is 8.18. The van der Waals surface area contributed by atoms with Crippen molar-refractivity contribution in [2.75, 3.05) is 7.11 Å². The van der Waals surface area contributed by atoms with Crippen molar-refractivity contribution in [2.24, 2.45) is 11.8 Å². The molecule has 1 aliphatic heterocycles. The Kier molecular flexibility index (Phi) is 7.36. The van der Waals surface area contributed by atoms with Gasteiger partial charge >= 0.3 is 12.1 Å². The van der Waals surface area contributed by atoms with E-state index >= 15 is 0 Å². The third-order valence-corrected chi connectivity index (χ3v) is 5.18. The van der Waals surface area contributed by atoms with Gasteiger partial charge in [0.05, 0.1) is 7.11 Å². The molecule has 1 aliphatic carbocycles. The van der Waals surface area contributed by atoms with Gasteiger partial charge in [-0.25, -0.2) is 9.59 Å². The molecule has 1 saturated heterocycles. The molecule has 9 heteroatoms. The highest BCUT2D eigenvalue weighted by molar-refractivity contribution is 5.90. The maximum absolute atomic E-state index is 12.9. The molecule has 30 heavy (non-hydrogen) atoms. The molecule has 3 atom stereocenters. The van der Waals surface area contributed by atoms with Gasteiger partial charge in [-0.15, -0.1) is 0 Å². The van der Waals surface area contributed by atoms with Gasteiger partial charge in [0.1, 0.15) is 17.7 Å². The van der Waals surface area contributed by atoms with Crippen LogP contribution < -0.4 is 16.0 Å². The molecule has 1 saturated carbocycles. The minimum absolute atomic E-state index is 0.135. The summed E-state index contributed by atoms with van der Waals surface area (Å²) in [4.78, 5) is 49.6. The van der Waals surface area contributed by atoms with E-state index in [1.165, 1.54) is 7.11 Å². The summed E-state index contributed by atoms with van der Waals surface area (Å²) in [7, 11) is 1.24. The van der Waals surface area contributed by atoms with Crippen molar-refractivity contribution < 1.29 is 28.7 Å². The summed E-state index contributed by atoms with van der Waals surface area (Å²) in [6.45, 7) is 9.04. The molecule has 9 nitrogen and oxygen atoms in total. The van der Waals surface area contributed by atoms with Gasteiger partial charge in [-0.2, -0.15) is 0 Å². The Morgan fingerprint density at radius 1 is 1.13 bits per heavy atom. The Hall–Kier alpha value is -2.32. The Morgan fingerprint density at radius 3 is 2.23 bits per heavy atom. The van der Waals surface area contributed by atoms with E-state index in [0.717, 1.165) is 12.8 Å². The molecule has 2 aliphatic rings. The SMILES string of the molecule is COC(=O)[C@H](CC1CC(C)(C)NC1=O)NC(=O)[C@H](CC1CC1)NC(=O)OC(C)(C)C. The lowest BCUT2D eigenvalue weighted by Crippen LogP contribution is -2.53. The number of hydrogen-bond acceptors (Lipinski definition) is 6. The van der Waals surface area contributed by atoms with E-state index in [2.05, 4.69) is 16.0 Å². The lowest BCUT2D eigenvalue weighted by atomic mass is 9.91. The number of esters is 1. The number of ether oxygens (including phenoxy) is 2. The molecule has 0 spiro atoms. The number of amides is 3. The zero-order valence-electron chi connectivity index (χ0n) is 18.8. The maximum atomic E-state index is 12.9. The van der Waals surface area contributed by atoms with Gasteiger partial charge in [0.2, 0.25) is 11.8 Å². The van der Waals surface area contributed by atoms with Gasteiger partial charge < -0.3 is 25.4 Å². The van der Waals surface area contributed by atoms with Crippen molar-refractivity contribution in [1.29, 1.82) is 0 Å². The maximum Gasteiger partial charge on any atom is 0.408 e. The highest BCUT2D eigenvalue weighted by atomic mass is 16.6. The topological polar surface area (TPSA) is 123 Å². The molecule has 2 fully saturated rings. The van der Waals surface area contributed by atoms with Gasteiger partial charge in [0.25, 0.3) is 0 Å². The highest BCUT2D eigenvalue weighted by Gasteiger charge is 2.41. The second-order valence-electron chi connectivity index (χ2n) is 9.97. The fraction of sp³-hybridized carbons (Fsp3) is 0.810. The van der Waals surface area contributed by atoms with Crippen molar-refractivity contribution >= 4 is 23.9 Å². The number of hydrogen-bond donors (Lipinski definition) is 3. The number of alkyl carbamates (subject to hydrolysis) is 1. The van der Waals surface area contributed by atoms with Crippen molar-refractivity contribution in [3.8, 4) is 0 Å². The first kappa shape index (κ1) is 24.0. The number of nitrogens with one attached hydrogen (secondary N) is 3. The summed E-state index contributed by atoms with van der Waals surface area (Å²) in [5.74, 6) is -1.31. The molecule has 0 aromatic heterocycles. The monoisotopic (exact) mass is 425 g/mol. The van der Waals surface area contributed by atoms with E-state index in [4.69, 9.17) is 9.47 Å². The summed E-state index contributed by atoms with van der Waals surface area (Å²) < 4.78 is 10.1. The zero-order chi connectivity index (χ0) is 22.7. The largest absolute Gasteiger partial charge is 0.467 e. The molecular formula is C21H35N3O6. The van der Waals surface area contributed by atoms with E-state index in [1.54, 1.807) is 20.8 Å². The summed E-state index contributed by atoms with van der Waals surface area (Å²) in [6.07, 6.45) is 2.47. The fourth-order valence-corrected chi connectivity index (χ4v) is 3.67. The second-order valence-corrected chi connectivity index (χ2v) is 9.97. The Labute approximate surface area is 178 Å². The lowest BCUT2D eigenvalue weighted by Gasteiger charge is -2.25. The van der Waals surface area contributed by atoms with Crippen LogP contribution in [-0.2, 0) is 23.9 Å². The smallest absolute Gasteiger partial charge is 0.408 e. The van der Waals surface area contributed by atoms with Crippen molar-refractivity contribution in [3.63, 3.8) is 0 Å². The van der Waals surface area contributed by atoms with Crippen LogP contribution in [0, 0.1) is 11.8 Å². The number of rotatable bonds is 8. The molecule has 0 bridgehead atoms. The molecule has 2 rings (SSSR count). The molecule has 170 valence electrons. The molecule has 1 heterocycles. The van der Waals surface area contributed by atoms with Crippen LogP contribution in [0.1, 0.15) is 66.7 Å². The van der Waals surface area contributed by atoms with Gasteiger partial charge in [0, 0.05) is 11.5 Å². The predicted molar refractivity (Wildman–Crippen MR) is 109 cm³/mol. The van der Waals surface area contributed by atoms with Crippen LogP contribution in [0.25, 0.3) is 0 Å².